The van der Waals surface area contributed by atoms with Gasteiger partial charge in [-0.25, -0.2) is 4.98 Å². The number of hydrogen-bond donors (Lipinski definition) is 2. The molecular formula is C24H28N6O2. The number of fused-ring (bicyclic) bond motifs is 2. The average molecular weight is 433 g/mol. The first kappa shape index (κ1) is 20.8. The van der Waals surface area contributed by atoms with E-state index in [0.29, 0.717) is 18.9 Å². The van der Waals surface area contributed by atoms with Crippen LogP contribution < -0.4 is 10.5 Å². The molecule has 3 aromatic heterocycles. The molecule has 0 spiro atoms. The summed E-state index contributed by atoms with van der Waals surface area (Å²) in [5.41, 5.74) is 9.40. The topological polar surface area (TPSA) is 102 Å². The van der Waals surface area contributed by atoms with Crippen LogP contribution in [0.2, 0.25) is 0 Å². The molecule has 3 N–H and O–H groups in total. The molecule has 3 atom stereocenters. The lowest BCUT2D eigenvalue weighted by Gasteiger charge is -2.24. The summed E-state index contributed by atoms with van der Waals surface area (Å²) in [4.78, 5) is 7.08. The summed E-state index contributed by atoms with van der Waals surface area (Å²) in [6, 6.07) is 13.8. The van der Waals surface area contributed by atoms with E-state index in [2.05, 4.69) is 28.1 Å². The molecular weight excluding hydrogens is 404 g/mol. The van der Waals surface area contributed by atoms with E-state index in [1.54, 1.807) is 0 Å². The molecule has 1 saturated heterocycles. The Morgan fingerprint density at radius 2 is 1.91 bits per heavy atom. The van der Waals surface area contributed by atoms with Crippen molar-refractivity contribution in [2.45, 2.75) is 45.1 Å². The molecule has 0 radical (unpaired) electrons. The van der Waals surface area contributed by atoms with Gasteiger partial charge in [0.1, 0.15) is 17.0 Å². The summed E-state index contributed by atoms with van der Waals surface area (Å²) >= 11 is 0. The van der Waals surface area contributed by atoms with Gasteiger partial charge in [-0.3, -0.25) is 9.30 Å². The van der Waals surface area contributed by atoms with Crippen LogP contribution in [-0.2, 0) is 0 Å². The number of likely N-dealkylation sites (tertiary alicyclic amines) is 1. The zero-order valence-corrected chi connectivity index (χ0v) is 18.5. The molecule has 1 aliphatic heterocycles. The van der Waals surface area contributed by atoms with Gasteiger partial charge in [0.15, 0.2) is 11.5 Å². The number of β-amino-alcohol motifs (C(OH)–C–C–N with tert-alkyl or cyclic N) is 1. The van der Waals surface area contributed by atoms with Crippen LogP contribution in [0.15, 0.2) is 48.7 Å². The van der Waals surface area contributed by atoms with Crippen molar-refractivity contribution in [3.63, 3.8) is 0 Å². The number of nitrogens with zero attached hydrogens (tertiary/aromatic N) is 5. The number of aliphatic hydroxyl groups is 1. The van der Waals surface area contributed by atoms with Gasteiger partial charge in [-0.2, -0.15) is 0 Å². The van der Waals surface area contributed by atoms with Gasteiger partial charge in [0.05, 0.1) is 12.2 Å². The summed E-state index contributed by atoms with van der Waals surface area (Å²) in [6.07, 6.45) is 1.62. The number of pyridine rings is 2. The third-order valence-corrected chi connectivity index (χ3v) is 6.09. The molecule has 0 saturated carbocycles. The fraction of sp³-hybridized carbons (Fsp3) is 0.375. The van der Waals surface area contributed by atoms with E-state index in [-0.39, 0.29) is 18.2 Å². The second kappa shape index (κ2) is 8.12. The summed E-state index contributed by atoms with van der Waals surface area (Å²) in [5, 5.41) is 19.8. The summed E-state index contributed by atoms with van der Waals surface area (Å²) in [6.45, 7) is 7.37. The monoisotopic (exact) mass is 432 g/mol. The van der Waals surface area contributed by atoms with Crippen molar-refractivity contribution in [2.75, 3.05) is 13.1 Å². The highest BCUT2D eigenvalue weighted by atomic mass is 16.5. The Kier molecular flexibility index (Phi) is 5.28. The molecule has 1 aliphatic rings. The number of aromatic nitrogens is 4. The van der Waals surface area contributed by atoms with E-state index in [4.69, 9.17) is 15.5 Å². The Morgan fingerprint density at radius 1 is 1.06 bits per heavy atom. The maximum Gasteiger partial charge on any atom is 0.187 e. The minimum Gasteiger partial charge on any atom is -0.489 e. The number of ether oxygens (including phenoxy) is 1. The van der Waals surface area contributed by atoms with Crippen LogP contribution in [0, 0.1) is 0 Å². The van der Waals surface area contributed by atoms with E-state index < -0.39 is 6.10 Å². The van der Waals surface area contributed by atoms with Gasteiger partial charge in [0, 0.05) is 36.8 Å². The van der Waals surface area contributed by atoms with Crippen molar-refractivity contribution in [1.29, 1.82) is 0 Å². The third-order valence-electron chi connectivity index (χ3n) is 6.09. The molecule has 5 rings (SSSR count). The molecule has 1 fully saturated rings. The predicted octanol–water partition coefficient (Wildman–Crippen LogP) is 2.80. The quantitative estimate of drug-likeness (QED) is 0.500. The minimum absolute atomic E-state index is 0.0567. The van der Waals surface area contributed by atoms with Crippen molar-refractivity contribution in [2.24, 2.45) is 5.73 Å². The van der Waals surface area contributed by atoms with Crippen LogP contribution in [0.4, 0.5) is 0 Å². The van der Waals surface area contributed by atoms with Gasteiger partial charge in [0.25, 0.3) is 0 Å². The Balaban J connectivity index is 1.55. The molecule has 166 valence electrons. The molecule has 0 aliphatic carbocycles. The number of nitrogens with two attached hydrogens (primary N) is 1. The predicted molar refractivity (Wildman–Crippen MR) is 123 cm³/mol. The maximum atomic E-state index is 10.0. The zero-order chi connectivity index (χ0) is 22.4. The van der Waals surface area contributed by atoms with Crippen molar-refractivity contribution in [1.82, 2.24) is 24.5 Å². The highest BCUT2D eigenvalue weighted by Crippen LogP contribution is 2.29. The van der Waals surface area contributed by atoms with E-state index in [9.17, 15) is 5.11 Å². The van der Waals surface area contributed by atoms with E-state index >= 15 is 0 Å². The van der Waals surface area contributed by atoms with Crippen molar-refractivity contribution in [3.8, 4) is 17.3 Å². The molecule has 4 aromatic rings. The molecule has 4 heterocycles. The fourth-order valence-corrected chi connectivity index (χ4v) is 4.29. The molecule has 0 bridgehead atoms. The lowest BCUT2D eigenvalue weighted by Crippen LogP contribution is -2.32. The average Bonchev–Trinajstić information content (AvgIpc) is 3.35. The van der Waals surface area contributed by atoms with Gasteiger partial charge in [0.2, 0.25) is 0 Å². The second-order valence-electron chi connectivity index (χ2n) is 8.77. The minimum atomic E-state index is -0.490. The number of para-hydroxylation sites is 1. The first-order chi connectivity index (χ1) is 15.4. The first-order valence-electron chi connectivity index (χ1n) is 11.0. The van der Waals surface area contributed by atoms with Gasteiger partial charge < -0.3 is 15.6 Å². The van der Waals surface area contributed by atoms with Gasteiger partial charge in [-0.05, 0) is 44.5 Å². The summed E-state index contributed by atoms with van der Waals surface area (Å²) in [5.74, 6) is 1.43. The molecule has 8 nitrogen and oxygen atoms in total. The third kappa shape index (κ3) is 3.70. The molecule has 0 amide bonds. The number of aliphatic hydroxyl groups excluding tert-OH is 1. The Morgan fingerprint density at radius 3 is 2.66 bits per heavy atom. The Bertz CT molecular complexity index is 1260. The molecule has 8 heteroatoms. The molecule has 1 aromatic carbocycles. The standard InChI is InChI=1S/C24H28N6O2/c1-14(2)32-21-6-4-5-16-7-9-19(26-23(16)21)24-28-27-22-10-8-17(11-30(22)24)15(3)29-12-18(25)20(31)13-29/h4-11,14-15,18,20,31H,12-13,25H2,1-3H3/t15-,18+,20-/m0/s1. The van der Waals surface area contributed by atoms with Crippen LogP contribution in [0.5, 0.6) is 5.75 Å². The van der Waals surface area contributed by atoms with E-state index in [0.717, 1.165) is 33.6 Å². The van der Waals surface area contributed by atoms with Crippen LogP contribution in [0.3, 0.4) is 0 Å². The van der Waals surface area contributed by atoms with Crippen molar-refractivity contribution in [3.05, 3.63) is 54.2 Å². The normalized spacial score (nSPS) is 20.4. The lowest BCUT2D eigenvalue weighted by molar-refractivity contribution is 0.155. The SMILES string of the molecule is CC(C)Oc1cccc2ccc(-c3nnc4ccc([C@H](C)N5C[C@@H](N)[C@@H](O)C5)cn34)nc12. The van der Waals surface area contributed by atoms with Crippen LogP contribution >= 0.6 is 0 Å². The summed E-state index contributed by atoms with van der Waals surface area (Å²) in [7, 11) is 0. The fourth-order valence-electron chi connectivity index (χ4n) is 4.29. The lowest BCUT2D eigenvalue weighted by atomic mass is 10.1. The van der Waals surface area contributed by atoms with Gasteiger partial charge >= 0.3 is 0 Å². The summed E-state index contributed by atoms with van der Waals surface area (Å²) < 4.78 is 7.94. The van der Waals surface area contributed by atoms with Crippen LogP contribution in [-0.4, -0.2) is 60.9 Å². The van der Waals surface area contributed by atoms with Crippen LogP contribution in [0.25, 0.3) is 28.1 Å². The highest BCUT2D eigenvalue weighted by molar-refractivity contribution is 5.86. The van der Waals surface area contributed by atoms with Gasteiger partial charge in [-0.15, -0.1) is 10.2 Å². The number of benzene rings is 1. The number of rotatable bonds is 5. The Labute approximate surface area is 186 Å². The first-order valence-corrected chi connectivity index (χ1v) is 11.0. The Hall–Kier alpha value is -3.07. The van der Waals surface area contributed by atoms with Crippen LogP contribution in [0.1, 0.15) is 32.4 Å². The molecule has 32 heavy (non-hydrogen) atoms. The van der Waals surface area contributed by atoms with Gasteiger partial charge in [-0.1, -0.05) is 24.3 Å². The molecule has 0 unspecified atom stereocenters. The van der Waals surface area contributed by atoms with Crippen molar-refractivity contribution < 1.29 is 9.84 Å². The second-order valence-corrected chi connectivity index (χ2v) is 8.77. The maximum absolute atomic E-state index is 10.0. The zero-order valence-electron chi connectivity index (χ0n) is 18.5. The van der Waals surface area contributed by atoms with E-state index in [1.807, 2.05) is 60.8 Å². The van der Waals surface area contributed by atoms with Crippen molar-refractivity contribution >= 4 is 16.6 Å². The smallest absolute Gasteiger partial charge is 0.187 e. The van der Waals surface area contributed by atoms with E-state index in [1.165, 1.54) is 0 Å². The number of hydrogen-bond acceptors (Lipinski definition) is 7. The highest BCUT2D eigenvalue weighted by Gasteiger charge is 2.31. The largest absolute Gasteiger partial charge is 0.489 e.